The van der Waals surface area contributed by atoms with Crippen molar-refractivity contribution in [1.82, 2.24) is 14.9 Å². The third kappa shape index (κ3) is 3.10. The molecule has 1 aromatic carbocycles. The Hall–Kier alpha value is -2.67. The average molecular weight is 354 g/mol. The van der Waals surface area contributed by atoms with Crippen LogP contribution in [0.2, 0.25) is 0 Å². The van der Waals surface area contributed by atoms with Gasteiger partial charge in [0.1, 0.15) is 11.5 Å². The molecular weight excluding hydrogens is 332 g/mol. The lowest BCUT2D eigenvalue weighted by Gasteiger charge is -2.18. The van der Waals surface area contributed by atoms with Gasteiger partial charge in [0.15, 0.2) is 0 Å². The average Bonchev–Trinajstić information content (AvgIpc) is 3.19. The third-order valence-electron chi connectivity index (χ3n) is 5.10. The summed E-state index contributed by atoms with van der Waals surface area (Å²) in [5.74, 6) is 0.707. The number of nitrogens with zero attached hydrogens (tertiary/aromatic N) is 2. The largest absolute Gasteiger partial charge is 0.395 e. The Balaban J connectivity index is 1.53. The van der Waals surface area contributed by atoms with Gasteiger partial charge in [0, 0.05) is 17.7 Å². The van der Waals surface area contributed by atoms with Gasteiger partial charge < -0.3 is 15.4 Å². The summed E-state index contributed by atoms with van der Waals surface area (Å²) in [4.78, 5) is 33.2. The van der Waals surface area contributed by atoms with Crippen LogP contribution in [0.5, 0.6) is 0 Å². The maximum Gasteiger partial charge on any atom is 0.277 e. The first-order chi connectivity index (χ1) is 12.7. The molecule has 1 aromatic heterocycles. The number of imidazole rings is 1. The van der Waals surface area contributed by atoms with E-state index in [4.69, 9.17) is 10.1 Å². The van der Waals surface area contributed by atoms with E-state index < -0.39 is 11.8 Å². The van der Waals surface area contributed by atoms with Gasteiger partial charge in [-0.2, -0.15) is 0 Å². The van der Waals surface area contributed by atoms with Gasteiger partial charge in [-0.3, -0.25) is 14.5 Å². The SMILES string of the molecule is O=C1C=C(Nc2ccc3nc(C4CCCCC4)[nH]c3c2)C(=O)N1CCO. The highest BCUT2D eigenvalue weighted by molar-refractivity contribution is 6.17. The lowest BCUT2D eigenvalue weighted by Crippen LogP contribution is -2.34. The zero-order valence-corrected chi connectivity index (χ0v) is 14.5. The van der Waals surface area contributed by atoms with Gasteiger partial charge in [-0.05, 0) is 31.0 Å². The van der Waals surface area contributed by atoms with Crippen LogP contribution in [0.25, 0.3) is 11.0 Å². The number of imide groups is 1. The van der Waals surface area contributed by atoms with Gasteiger partial charge in [0.25, 0.3) is 11.8 Å². The number of amides is 2. The second-order valence-electron chi connectivity index (χ2n) is 6.89. The molecule has 0 unspecified atom stereocenters. The predicted molar refractivity (Wildman–Crippen MR) is 97.4 cm³/mol. The Morgan fingerprint density at radius 1 is 1.23 bits per heavy atom. The number of carbonyl (C=O) groups is 2. The molecule has 1 saturated carbocycles. The van der Waals surface area contributed by atoms with Crippen molar-refractivity contribution in [3.8, 4) is 0 Å². The smallest absolute Gasteiger partial charge is 0.277 e. The first-order valence-electron chi connectivity index (χ1n) is 9.11. The van der Waals surface area contributed by atoms with Crippen molar-refractivity contribution in [3.05, 3.63) is 35.8 Å². The number of nitrogens with one attached hydrogen (secondary N) is 2. The molecule has 4 rings (SSSR count). The van der Waals surface area contributed by atoms with Crippen molar-refractivity contribution < 1.29 is 14.7 Å². The molecule has 0 spiro atoms. The Labute approximate surface area is 151 Å². The fourth-order valence-electron chi connectivity index (χ4n) is 3.74. The summed E-state index contributed by atoms with van der Waals surface area (Å²) < 4.78 is 0. The summed E-state index contributed by atoms with van der Waals surface area (Å²) in [5.41, 5.74) is 2.76. The van der Waals surface area contributed by atoms with Crippen molar-refractivity contribution >= 4 is 28.5 Å². The highest BCUT2D eigenvalue weighted by atomic mass is 16.3. The summed E-state index contributed by atoms with van der Waals surface area (Å²) in [6, 6.07) is 5.66. The number of hydrogen-bond donors (Lipinski definition) is 3. The number of anilines is 1. The molecule has 1 aliphatic carbocycles. The number of H-pyrrole nitrogens is 1. The molecule has 7 nitrogen and oxygen atoms in total. The molecule has 0 atom stereocenters. The Morgan fingerprint density at radius 3 is 2.81 bits per heavy atom. The van der Waals surface area contributed by atoms with Gasteiger partial charge in [0.05, 0.1) is 24.2 Å². The minimum Gasteiger partial charge on any atom is -0.395 e. The van der Waals surface area contributed by atoms with Crippen LogP contribution >= 0.6 is 0 Å². The Bertz CT molecular complexity index is 880. The minimum absolute atomic E-state index is 0.00365. The van der Waals surface area contributed by atoms with Crippen molar-refractivity contribution in [3.63, 3.8) is 0 Å². The van der Waals surface area contributed by atoms with E-state index in [0.717, 1.165) is 27.4 Å². The number of benzene rings is 1. The third-order valence-corrected chi connectivity index (χ3v) is 5.10. The van der Waals surface area contributed by atoms with E-state index in [-0.39, 0.29) is 18.8 Å². The molecule has 3 N–H and O–H groups in total. The van der Waals surface area contributed by atoms with Crippen LogP contribution in [0.1, 0.15) is 43.8 Å². The van der Waals surface area contributed by atoms with Gasteiger partial charge in [-0.15, -0.1) is 0 Å². The van der Waals surface area contributed by atoms with E-state index in [0.29, 0.717) is 5.92 Å². The van der Waals surface area contributed by atoms with Crippen molar-refractivity contribution in [1.29, 1.82) is 0 Å². The lowest BCUT2D eigenvalue weighted by atomic mass is 9.89. The fourth-order valence-corrected chi connectivity index (χ4v) is 3.74. The van der Waals surface area contributed by atoms with Gasteiger partial charge in [-0.25, -0.2) is 4.98 Å². The van der Waals surface area contributed by atoms with Crippen LogP contribution in [-0.4, -0.2) is 44.9 Å². The number of aliphatic hydroxyl groups is 1. The maximum absolute atomic E-state index is 12.2. The quantitative estimate of drug-likeness (QED) is 0.716. The molecule has 2 aliphatic rings. The summed E-state index contributed by atoms with van der Waals surface area (Å²) in [6.45, 7) is -0.244. The molecule has 1 fully saturated rings. The predicted octanol–water partition coefficient (Wildman–Crippen LogP) is 2.27. The first-order valence-corrected chi connectivity index (χ1v) is 9.11. The molecule has 26 heavy (non-hydrogen) atoms. The van der Waals surface area contributed by atoms with E-state index in [1.807, 2.05) is 18.2 Å². The molecular formula is C19H22N4O3. The maximum atomic E-state index is 12.2. The van der Waals surface area contributed by atoms with Gasteiger partial charge >= 0.3 is 0 Å². The zero-order valence-electron chi connectivity index (χ0n) is 14.5. The fraction of sp³-hybridized carbons (Fsp3) is 0.421. The number of aliphatic hydroxyl groups excluding tert-OH is 1. The topological polar surface area (TPSA) is 98.3 Å². The highest BCUT2D eigenvalue weighted by Gasteiger charge is 2.30. The summed E-state index contributed by atoms with van der Waals surface area (Å²) in [7, 11) is 0. The summed E-state index contributed by atoms with van der Waals surface area (Å²) >= 11 is 0. The highest BCUT2D eigenvalue weighted by Crippen LogP contribution is 2.32. The molecule has 2 amide bonds. The number of aromatic nitrogens is 2. The second-order valence-corrected chi connectivity index (χ2v) is 6.89. The summed E-state index contributed by atoms with van der Waals surface area (Å²) in [5, 5.41) is 12.0. The van der Waals surface area contributed by atoms with Crippen LogP contribution < -0.4 is 5.32 Å². The van der Waals surface area contributed by atoms with E-state index in [1.54, 1.807) is 0 Å². The number of aromatic amines is 1. The Kier molecular flexibility index (Phi) is 4.46. The number of rotatable bonds is 5. The van der Waals surface area contributed by atoms with Crippen molar-refractivity contribution in [2.45, 2.75) is 38.0 Å². The van der Waals surface area contributed by atoms with Crippen LogP contribution in [0, 0.1) is 0 Å². The molecule has 0 bridgehead atoms. The van der Waals surface area contributed by atoms with Gasteiger partial charge in [-0.1, -0.05) is 19.3 Å². The Morgan fingerprint density at radius 2 is 2.04 bits per heavy atom. The number of fused-ring (bicyclic) bond motifs is 1. The molecule has 136 valence electrons. The lowest BCUT2D eigenvalue weighted by molar-refractivity contribution is -0.137. The molecule has 7 heteroatoms. The summed E-state index contributed by atoms with van der Waals surface area (Å²) in [6.07, 6.45) is 7.43. The normalized spacial score (nSPS) is 18.7. The van der Waals surface area contributed by atoms with E-state index in [9.17, 15) is 9.59 Å². The second kappa shape index (κ2) is 6.92. The standard InChI is InChI=1S/C19H22N4O3/c24-9-8-23-17(25)11-16(19(23)26)20-13-6-7-14-15(10-13)22-18(21-14)12-4-2-1-3-5-12/h6-7,10-12,20,24H,1-5,8-9H2,(H,21,22). The van der Waals surface area contributed by atoms with Gasteiger partial charge in [0.2, 0.25) is 0 Å². The molecule has 0 saturated heterocycles. The van der Waals surface area contributed by atoms with Crippen LogP contribution in [0.4, 0.5) is 5.69 Å². The number of hydrogen-bond acceptors (Lipinski definition) is 5. The molecule has 2 heterocycles. The molecule has 1 aliphatic heterocycles. The number of carbonyl (C=O) groups excluding carboxylic acids is 2. The first kappa shape index (κ1) is 16.8. The van der Waals surface area contributed by atoms with E-state index >= 15 is 0 Å². The number of β-amino-alcohol motifs (C(OH)–C–C–N with tert-alkyl or cyclic N) is 1. The van der Waals surface area contributed by atoms with Crippen LogP contribution in [0.15, 0.2) is 30.0 Å². The van der Waals surface area contributed by atoms with Crippen molar-refractivity contribution in [2.24, 2.45) is 0 Å². The van der Waals surface area contributed by atoms with Crippen molar-refractivity contribution in [2.75, 3.05) is 18.5 Å². The molecule has 2 aromatic rings. The monoisotopic (exact) mass is 354 g/mol. The van der Waals surface area contributed by atoms with Crippen LogP contribution in [0.3, 0.4) is 0 Å². The van der Waals surface area contributed by atoms with E-state index in [2.05, 4.69) is 10.3 Å². The minimum atomic E-state index is -0.420. The van der Waals surface area contributed by atoms with E-state index in [1.165, 1.54) is 38.2 Å². The van der Waals surface area contributed by atoms with Crippen LogP contribution in [-0.2, 0) is 9.59 Å². The molecule has 0 radical (unpaired) electrons. The zero-order chi connectivity index (χ0) is 18.1.